The molecule has 1 atom stereocenters. The van der Waals surface area contributed by atoms with Crippen molar-refractivity contribution in [3.8, 4) is 0 Å². The van der Waals surface area contributed by atoms with Crippen molar-refractivity contribution in [3.63, 3.8) is 0 Å². The van der Waals surface area contributed by atoms with Crippen molar-refractivity contribution in [1.29, 1.82) is 0 Å². The highest BCUT2D eigenvalue weighted by atomic mass is 32.2. The van der Waals surface area contributed by atoms with Crippen LogP contribution in [-0.4, -0.2) is 31.1 Å². The quantitative estimate of drug-likeness (QED) is 0.598. The van der Waals surface area contributed by atoms with E-state index in [9.17, 15) is 23.6 Å². The summed E-state index contributed by atoms with van der Waals surface area (Å²) in [5.74, 6) is 0. The van der Waals surface area contributed by atoms with E-state index in [2.05, 4.69) is 4.72 Å². The summed E-state index contributed by atoms with van der Waals surface area (Å²) in [5.41, 5.74) is -0.189. The minimum atomic E-state index is -4.02. The fraction of sp³-hybridized carbons (Fsp3) is 0.455. The van der Waals surface area contributed by atoms with Gasteiger partial charge in [0.2, 0.25) is 10.0 Å². The normalized spacial score (nSPS) is 13.2. The lowest BCUT2D eigenvalue weighted by molar-refractivity contribution is -0.387. The average Bonchev–Trinajstić information content (AvgIpc) is 2.35. The Kier molecular flexibility index (Phi) is 4.98. The number of rotatable bonds is 6. The zero-order chi connectivity index (χ0) is 14.6. The van der Waals surface area contributed by atoms with Gasteiger partial charge in [0.05, 0.1) is 11.0 Å². The van der Waals surface area contributed by atoms with Crippen LogP contribution in [0, 0.1) is 17.0 Å². The third-order valence-corrected chi connectivity index (χ3v) is 4.25. The first kappa shape index (κ1) is 15.5. The van der Waals surface area contributed by atoms with Crippen LogP contribution < -0.4 is 4.72 Å². The van der Waals surface area contributed by atoms with E-state index < -0.39 is 26.7 Å². The maximum absolute atomic E-state index is 12.1. The molecular formula is C11H16N2O5S. The molecule has 7 nitrogen and oxygen atoms in total. The predicted octanol–water partition coefficient (Wildman–Crippen LogP) is 0.952. The number of nitro groups is 1. The molecule has 0 radical (unpaired) electrons. The summed E-state index contributed by atoms with van der Waals surface area (Å²) in [4.78, 5) is 9.78. The van der Waals surface area contributed by atoms with Crippen molar-refractivity contribution in [3.05, 3.63) is 33.9 Å². The van der Waals surface area contributed by atoms with Crippen molar-refractivity contribution in [1.82, 2.24) is 4.72 Å². The van der Waals surface area contributed by atoms with Crippen molar-refractivity contribution in [2.24, 2.45) is 0 Å². The Morgan fingerprint density at radius 3 is 2.63 bits per heavy atom. The lowest BCUT2D eigenvalue weighted by Gasteiger charge is -2.12. The van der Waals surface area contributed by atoms with Crippen LogP contribution in [-0.2, 0) is 10.0 Å². The van der Waals surface area contributed by atoms with Crippen LogP contribution in [0.5, 0.6) is 0 Å². The number of hydrogen-bond donors (Lipinski definition) is 2. The van der Waals surface area contributed by atoms with E-state index in [1.54, 1.807) is 6.92 Å². The average molecular weight is 288 g/mol. The lowest BCUT2D eigenvalue weighted by Crippen LogP contribution is -2.32. The van der Waals surface area contributed by atoms with E-state index in [0.29, 0.717) is 6.42 Å². The Hall–Kier alpha value is -1.51. The van der Waals surface area contributed by atoms with Crippen molar-refractivity contribution < 1.29 is 18.4 Å². The molecule has 1 aromatic rings. The van der Waals surface area contributed by atoms with Gasteiger partial charge in [0, 0.05) is 12.6 Å². The highest BCUT2D eigenvalue weighted by molar-refractivity contribution is 7.89. The fourth-order valence-corrected chi connectivity index (χ4v) is 3.02. The van der Waals surface area contributed by atoms with Crippen LogP contribution in [0.25, 0.3) is 0 Å². The number of benzene rings is 1. The van der Waals surface area contributed by atoms with Crippen LogP contribution in [0.1, 0.15) is 18.9 Å². The predicted molar refractivity (Wildman–Crippen MR) is 69.3 cm³/mol. The fourth-order valence-electron chi connectivity index (χ4n) is 1.55. The molecule has 19 heavy (non-hydrogen) atoms. The van der Waals surface area contributed by atoms with Crippen LogP contribution in [0.15, 0.2) is 23.1 Å². The Bertz CT molecular complexity index is 570. The SMILES string of the molecule is CCC(O)CNS(=O)(=O)c1c(C)cccc1[N+](=O)[O-]. The third kappa shape index (κ3) is 3.72. The molecule has 0 heterocycles. The molecule has 1 unspecified atom stereocenters. The molecule has 0 bridgehead atoms. The third-order valence-electron chi connectivity index (χ3n) is 2.64. The smallest absolute Gasteiger partial charge is 0.289 e. The van der Waals surface area contributed by atoms with Crippen LogP contribution in [0.4, 0.5) is 5.69 Å². The molecule has 0 aliphatic heterocycles. The summed E-state index contributed by atoms with van der Waals surface area (Å²) in [7, 11) is -4.02. The van der Waals surface area contributed by atoms with Gasteiger partial charge in [-0.15, -0.1) is 0 Å². The lowest BCUT2D eigenvalue weighted by atomic mass is 10.2. The second-order valence-corrected chi connectivity index (χ2v) is 5.80. The number of nitrogens with zero attached hydrogens (tertiary/aromatic N) is 1. The van der Waals surface area contributed by atoms with Gasteiger partial charge in [-0.1, -0.05) is 19.1 Å². The molecule has 0 saturated carbocycles. The molecule has 2 N–H and O–H groups in total. The molecule has 0 saturated heterocycles. The summed E-state index contributed by atoms with van der Waals surface area (Å²) < 4.78 is 26.3. The van der Waals surface area contributed by atoms with E-state index in [-0.39, 0.29) is 17.0 Å². The Labute approximate surface area is 111 Å². The monoisotopic (exact) mass is 288 g/mol. The Morgan fingerprint density at radius 1 is 1.47 bits per heavy atom. The summed E-state index contributed by atoms with van der Waals surface area (Å²) in [6.45, 7) is 3.01. The van der Waals surface area contributed by atoms with Gasteiger partial charge >= 0.3 is 0 Å². The summed E-state index contributed by atoms with van der Waals surface area (Å²) >= 11 is 0. The maximum Gasteiger partial charge on any atom is 0.289 e. The van der Waals surface area contributed by atoms with E-state index >= 15 is 0 Å². The molecule has 1 aromatic carbocycles. The van der Waals surface area contributed by atoms with E-state index in [0.717, 1.165) is 6.07 Å². The van der Waals surface area contributed by atoms with Gasteiger partial charge < -0.3 is 5.11 Å². The number of hydrogen-bond acceptors (Lipinski definition) is 5. The number of nitrogens with one attached hydrogen (secondary N) is 1. The molecule has 0 spiro atoms. The number of nitro benzene ring substituents is 1. The molecule has 1 rings (SSSR count). The minimum Gasteiger partial charge on any atom is -0.392 e. The van der Waals surface area contributed by atoms with E-state index in [1.807, 2.05) is 0 Å². The Balaban J connectivity index is 3.17. The largest absolute Gasteiger partial charge is 0.392 e. The number of aryl methyl sites for hydroxylation is 1. The van der Waals surface area contributed by atoms with Gasteiger partial charge in [-0.2, -0.15) is 0 Å². The zero-order valence-electron chi connectivity index (χ0n) is 10.7. The van der Waals surface area contributed by atoms with Gasteiger partial charge in [-0.3, -0.25) is 10.1 Å². The first-order valence-corrected chi connectivity index (χ1v) is 7.19. The topological polar surface area (TPSA) is 110 Å². The van der Waals surface area contributed by atoms with Gasteiger partial charge in [-0.25, -0.2) is 13.1 Å². The van der Waals surface area contributed by atoms with Gasteiger partial charge in [-0.05, 0) is 18.9 Å². The number of aliphatic hydroxyl groups excluding tert-OH is 1. The molecule has 0 aliphatic rings. The summed E-state index contributed by atoms with van der Waals surface area (Å²) in [6.07, 6.45) is -0.434. The van der Waals surface area contributed by atoms with Crippen molar-refractivity contribution >= 4 is 15.7 Å². The zero-order valence-corrected chi connectivity index (χ0v) is 11.5. The molecule has 0 fully saturated rings. The van der Waals surface area contributed by atoms with Crippen LogP contribution in [0.3, 0.4) is 0 Å². The van der Waals surface area contributed by atoms with E-state index in [1.165, 1.54) is 19.1 Å². The van der Waals surface area contributed by atoms with Gasteiger partial charge in [0.25, 0.3) is 5.69 Å². The van der Waals surface area contributed by atoms with Crippen LogP contribution >= 0.6 is 0 Å². The van der Waals surface area contributed by atoms with Crippen LogP contribution in [0.2, 0.25) is 0 Å². The molecule has 106 valence electrons. The summed E-state index contributed by atoms with van der Waals surface area (Å²) in [5, 5.41) is 20.2. The standard InChI is InChI=1S/C11H16N2O5S/c1-3-9(14)7-12-19(17,18)11-8(2)5-4-6-10(11)13(15)16/h4-6,9,12,14H,3,7H2,1-2H3. The molecular weight excluding hydrogens is 272 g/mol. The molecule has 0 aliphatic carbocycles. The molecule has 0 amide bonds. The molecule has 8 heteroatoms. The highest BCUT2D eigenvalue weighted by Crippen LogP contribution is 2.26. The number of aliphatic hydroxyl groups is 1. The van der Waals surface area contributed by atoms with Crippen molar-refractivity contribution in [2.75, 3.05) is 6.54 Å². The Morgan fingerprint density at radius 2 is 2.11 bits per heavy atom. The molecule has 0 aromatic heterocycles. The van der Waals surface area contributed by atoms with E-state index in [4.69, 9.17) is 0 Å². The van der Waals surface area contributed by atoms with Gasteiger partial charge in [0.15, 0.2) is 4.90 Å². The second kappa shape index (κ2) is 6.09. The van der Waals surface area contributed by atoms with Gasteiger partial charge in [0.1, 0.15) is 0 Å². The summed E-state index contributed by atoms with van der Waals surface area (Å²) in [6, 6.07) is 4.04. The second-order valence-electron chi connectivity index (χ2n) is 4.09. The van der Waals surface area contributed by atoms with Crippen molar-refractivity contribution in [2.45, 2.75) is 31.3 Å². The number of sulfonamides is 1. The first-order valence-electron chi connectivity index (χ1n) is 5.71. The maximum atomic E-state index is 12.1. The minimum absolute atomic E-state index is 0.176. The highest BCUT2D eigenvalue weighted by Gasteiger charge is 2.27. The first-order chi connectivity index (χ1) is 8.79.